The third-order valence-electron chi connectivity index (χ3n) is 5.52. The largest absolute Gasteiger partial charge is 0.440 e. The highest BCUT2D eigenvalue weighted by atomic mass is 16.3. The minimum absolute atomic E-state index is 0.0780. The molecule has 0 saturated carbocycles. The number of para-hydroxylation sites is 2. The fourth-order valence-electron chi connectivity index (χ4n) is 3.89. The van der Waals surface area contributed by atoms with Gasteiger partial charge in [-0.15, -0.1) is 0 Å². The van der Waals surface area contributed by atoms with E-state index in [0.717, 1.165) is 54.2 Å². The highest BCUT2D eigenvalue weighted by molar-refractivity contribution is 5.72. The fourth-order valence-corrected chi connectivity index (χ4v) is 3.89. The minimum Gasteiger partial charge on any atom is -0.440 e. The minimum atomic E-state index is -0.0780. The van der Waals surface area contributed by atoms with Gasteiger partial charge in [-0.2, -0.15) is 5.10 Å². The van der Waals surface area contributed by atoms with Gasteiger partial charge in [-0.25, -0.2) is 9.67 Å². The number of likely N-dealkylation sites (tertiary alicyclic amines) is 1. The molecule has 0 aliphatic carbocycles. The molecule has 6 nitrogen and oxygen atoms in total. The Morgan fingerprint density at radius 1 is 0.931 bits per heavy atom. The van der Waals surface area contributed by atoms with Crippen molar-refractivity contribution in [3.8, 4) is 11.3 Å². The normalized spacial score (nSPS) is 15.7. The van der Waals surface area contributed by atoms with Gasteiger partial charge < -0.3 is 4.42 Å². The summed E-state index contributed by atoms with van der Waals surface area (Å²) in [6, 6.07) is 21.2. The van der Waals surface area contributed by atoms with Gasteiger partial charge in [0.05, 0.1) is 12.4 Å². The van der Waals surface area contributed by atoms with Crippen LogP contribution in [0.25, 0.3) is 22.4 Å². The van der Waals surface area contributed by atoms with Gasteiger partial charge in [-0.3, -0.25) is 9.69 Å². The van der Waals surface area contributed by atoms with E-state index in [1.165, 1.54) is 0 Å². The second kappa shape index (κ2) is 7.64. The summed E-state index contributed by atoms with van der Waals surface area (Å²) in [4.78, 5) is 19.2. The molecule has 5 rings (SSSR count). The molecule has 1 aliphatic heterocycles. The average Bonchev–Trinajstić information content (AvgIpc) is 3.21. The van der Waals surface area contributed by atoms with Crippen LogP contribution in [0.3, 0.4) is 0 Å². The first kappa shape index (κ1) is 17.8. The number of aromatic nitrogens is 3. The quantitative estimate of drug-likeness (QED) is 0.532. The van der Waals surface area contributed by atoms with E-state index in [1.807, 2.05) is 54.6 Å². The maximum atomic E-state index is 12.3. The van der Waals surface area contributed by atoms with Crippen LogP contribution in [0.2, 0.25) is 0 Å². The Morgan fingerprint density at radius 3 is 2.48 bits per heavy atom. The SMILES string of the molecule is O=c1ccc(-c2ccccc2)nn1CN1CCC(c2nc3ccccc3o2)CC1. The van der Waals surface area contributed by atoms with Crippen LogP contribution in [0.5, 0.6) is 0 Å². The van der Waals surface area contributed by atoms with Crippen LogP contribution in [-0.4, -0.2) is 32.8 Å². The molecule has 2 aromatic heterocycles. The first-order chi connectivity index (χ1) is 14.3. The van der Waals surface area contributed by atoms with E-state index >= 15 is 0 Å². The summed E-state index contributed by atoms with van der Waals surface area (Å²) in [5.74, 6) is 1.14. The van der Waals surface area contributed by atoms with Crippen molar-refractivity contribution in [2.45, 2.75) is 25.4 Å². The van der Waals surface area contributed by atoms with Crippen LogP contribution < -0.4 is 5.56 Å². The number of benzene rings is 2. The standard InChI is InChI=1S/C23H22N4O2/c28-22-11-10-19(17-6-2-1-3-7-17)25-27(22)16-26-14-12-18(13-15-26)23-24-20-8-4-5-9-21(20)29-23/h1-11,18H,12-16H2. The molecule has 1 saturated heterocycles. The van der Waals surface area contributed by atoms with Gasteiger partial charge >= 0.3 is 0 Å². The van der Waals surface area contributed by atoms with Crippen molar-refractivity contribution in [1.29, 1.82) is 0 Å². The lowest BCUT2D eigenvalue weighted by molar-refractivity contribution is 0.151. The summed E-state index contributed by atoms with van der Waals surface area (Å²) in [6.45, 7) is 2.26. The van der Waals surface area contributed by atoms with Crippen LogP contribution in [0.15, 0.2) is 75.9 Å². The Balaban J connectivity index is 1.27. The maximum absolute atomic E-state index is 12.3. The summed E-state index contributed by atoms with van der Waals surface area (Å²) in [5, 5.41) is 4.57. The molecule has 6 heteroatoms. The lowest BCUT2D eigenvalue weighted by Crippen LogP contribution is -2.38. The van der Waals surface area contributed by atoms with Gasteiger partial charge in [0.1, 0.15) is 5.52 Å². The van der Waals surface area contributed by atoms with Crippen molar-refractivity contribution in [3.05, 3.63) is 83.0 Å². The summed E-state index contributed by atoms with van der Waals surface area (Å²) in [5.41, 5.74) is 3.50. The average molecular weight is 386 g/mol. The van der Waals surface area contributed by atoms with E-state index in [9.17, 15) is 4.79 Å². The van der Waals surface area contributed by atoms with Crippen molar-refractivity contribution in [2.75, 3.05) is 13.1 Å². The molecule has 29 heavy (non-hydrogen) atoms. The molecule has 1 aliphatic rings. The Labute approximate surface area is 168 Å². The van der Waals surface area contributed by atoms with Crippen LogP contribution in [0, 0.1) is 0 Å². The van der Waals surface area contributed by atoms with E-state index < -0.39 is 0 Å². The van der Waals surface area contributed by atoms with Crippen molar-refractivity contribution < 1.29 is 4.42 Å². The Kier molecular flexibility index (Phi) is 4.69. The van der Waals surface area contributed by atoms with Crippen LogP contribution in [-0.2, 0) is 6.67 Å². The summed E-state index contributed by atoms with van der Waals surface area (Å²) in [6.07, 6.45) is 1.92. The molecule has 3 heterocycles. The van der Waals surface area contributed by atoms with Crippen LogP contribution >= 0.6 is 0 Å². The summed E-state index contributed by atoms with van der Waals surface area (Å²) >= 11 is 0. The Bertz CT molecular complexity index is 1140. The molecular weight excluding hydrogens is 364 g/mol. The van der Waals surface area contributed by atoms with Gasteiger partial charge in [0.2, 0.25) is 0 Å². The zero-order chi connectivity index (χ0) is 19.6. The van der Waals surface area contributed by atoms with Crippen molar-refractivity contribution in [1.82, 2.24) is 19.7 Å². The van der Waals surface area contributed by atoms with Gasteiger partial charge in [0.25, 0.3) is 5.56 Å². The molecule has 0 bridgehead atoms. The van der Waals surface area contributed by atoms with Crippen LogP contribution in [0.1, 0.15) is 24.7 Å². The molecule has 146 valence electrons. The summed E-state index contributed by atoms with van der Waals surface area (Å²) in [7, 11) is 0. The van der Waals surface area contributed by atoms with Crippen molar-refractivity contribution >= 4 is 11.1 Å². The van der Waals surface area contributed by atoms with E-state index in [4.69, 9.17) is 4.42 Å². The maximum Gasteiger partial charge on any atom is 0.268 e. The van der Waals surface area contributed by atoms with E-state index in [1.54, 1.807) is 16.8 Å². The third kappa shape index (κ3) is 3.71. The van der Waals surface area contributed by atoms with Crippen LogP contribution in [0.4, 0.5) is 0 Å². The third-order valence-corrected chi connectivity index (χ3v) is 5.52. The number of fused-ring (bicyclic) bond motifs is 1. The first-order valence-electron chi connectivity index (χ1n) is 9.98. The van der Waals surface area contributed by atoms with E-state index in [-0.39, 0.29) is 5.56 Å². The zero-order valence-electron chi connectivity index (χ0n) is 16.1. The predicted octanol–water partition coefficient (Wildman–Crippen LogP) is 3.89. The van der Waals surface area contributed by atoms with Gasteiger partial charge in [-0.1, -0.05) is 42.5 Å². The number of oxazole rings is 1. The van der Waals surface area contributed by atoms with E-state index in [2.05, 4.69) is 15.0 Å². The lowest BCUT2D eigenvalue weighted by atomic mass is 9.97. The Hall–Kier alpha value is -3.25. The highest BCUT2D eigenvalue weighted by Gasteiger charge is 2.25. The molecule has 2 aromatic carbocycles. The number of piperidine rings is 1. The smallest absolute Gasteiger partial charge is 0.268 e. The topological polar surface area (TPSA) is 64.2 Å². The number of nitrogens with zero attached hydrogens (tertiary/aromatic N) is 4. The molecule has 0 atom stereocenters. The van der Waals surface area contributed by atoms with Crippen molar-refractivity contribution in [3.63, 3.8) is 0 Å². The summed E-state index contributed by atoms with van der Waals surface area (Å²) < 4.78 is 7.51. The molecule has 0 N–H and O–H groups in total. The molecule has 0 unspecified atom stereocenters. The second-order valence-electron chi connectivity index (χ2n) is 7.48. The van der Waals surface area contributed by atoms with E-state index in [0.29, 0.717) is 12.6 Å². The number of hydrogen-bond acceptors (Lipinski definition) is 5. The van der Waals surface area contributed by atoms with Gasteiger partial charge in [-0.05, 0) is 31.0 Å². The number of rotatable bonds is 4. The predicted molar refractivity (Wildman–Crippen MR) is 111 cm³/mol. The lowest BCUT2D eigenvalue weighted by Gasteiger charge is -2.30. The molecular formula is C23H22N4O2. The molecule has 4 aromatic rings. The zero-order valence-corrected chi connectivity index (χ0v) is 16.1. The fraction of sp³-hybridized carbons (Fsp3) is 0.261. The first-order valence-corrected chi connectivity index (χ1v) is 9.98. The second-order valence-corrected chi connectivity index (χ2v) is 7.48. The Morgan fingerprint density at radius 2 is 1.69 bits per heavy atom. The highest BCUT2D eigenvalue weighted by Crippen LogP contribution is 2.30. The molecule has 0 radical (unpaired) electrons. The van der Waals surface area contributed by atoms with Crippen molar-refractivity contribution in [2.24, 2.45) is 0 Å². The number of hydrogen-bond donors (Lipinski definition) is 0. The monoisotopic (exact) mass is 386 g/mol. The molecule has 0 amide bonds. The van der Waals surface area contributed by atoms with Gasteiger partial charge in [0, 0.05) is 30.6 Å². The molecule has 1 fully saturated rings. The molecule has 0 spiro atoms. The van der Waals surface area contributed by atoms with Gasteiger partial charge in [0.15, 0.2) is 11.5 Å².